The lowest BCUT2D eigenvalue weighted by molar-refractivity contribution is 0.231. The van der Waals surface area contributed by atoms with Gasteiger partial charge in [0.1, 0.15) is 12.1 Å². The first-order valence-electron chi connectivity index (χ1n) is 7.50. The molecule has 0 saturated carbocycles. The van der Waals surface area contributed by atoms with Crippen LogP contribution in [0.5, 0.6) is 11.5 Å². The third-order valence-electron chi connectivity index (χ3n) is 4.21. The zero-order valence-corrected chi connectivity index (χ0v) is 13.9. The van der Waals surface area contributed by atoms with Crippen molar-refractivity contribution in [2.24, 2.45) is 5.92 Å². The molecule has 1 fully saturated rings. The number of aromatic nitrogens is 2. The Morgan fingerprint density at radius 3 is 2.78 bits per heavy atom. The van der Waals surface area contributed by atoms with Crippen LogP contribution in [0.25, 0.3) is 10.9 Å². The highest BCUT2D eigenvalue weighted by Crippen LogP contribution is 2.35. The van der Waals surface area contributed by atoms with Crippen LogP contribution in [0.15, 0.2) is 18.5 Å². The van der Waals surface area contributed by atoms with Crippen LogP contribution in [0.4, 0.5) is 5.82 Å². The highest BCUT2D eigenvalue weighted by atomic mass is 31.1. The topological polar surface area (TPSA) is 87.9 Å². The van der Waals surface area contributed by atoms with E-state index in [-0.39, 0.29) is 5.75 Å². The van der Waals surface area contributed by atoms with Crippen molar-refractivity contribution in [3.05, 3.63) is 18.5 Å². The second-order valence-electron chi connectivity index (χ2n) is 5.57. The number of ether oxygens (including phenoxy) is 1. The van der Waals surface area contributed by atoms with Gasteiger partial charge < -0.3 is 24.2 Å². The Kier molecular flexibility index (Phi) is 5.10. The maximum absolute atomic E-state index is 9.89. The summed E-state index contributed by atoms with van der Waals surface area (Å²) < 4.78 is 10.3. The lowest BCUT2D eigenvalue weighted by Crippen LogP contribution is -2.35. The molecule has 8 heteroatoms. The van der Waals surface area contributed by atoms with Crippen molar-refractivity contribution in [3.8, 4) is 11.5 Å². The van der Waals surface area contributed by atoms with E-state index >= 15 is 0 Å². The summed E-state index contributed by atoms with van der Waals surface area (Å²) in [7, 11) is 1.09. The molecule has 0 radical (unpaired) electrons. The maximum atomic E-state index is 9.89. The molecule has 124 valence electrons. The van der Waals surface area contributed by atoms with Crippen LogP contribution < -0.4 is 9.64 Å². The Morgan fingerprint density at radius 2 is 2.09 bits per heavy atom. The van der Waals surface area contributed by atoms with E-state index in [0.29, 0.717) is 23.8 Å². The van der Waals surface area contributed by atoms with Gasteiger partial charge in [0.05, 0.1) is 19.2 Å². The third-order valence-corrected chi connectivity index (χ3v) is 4.51. The Labute approximate surface area is 136 Å². The molecule has 2 heterocycles. The van der Waals surface area contributed by atoms with E-state index in [4.69, 9.17) is 14.2 Å². The molecule has 7 nitrogen and oxygen atoms in total. The summed E-state index contributed by atoms with van der Waals surface area (Å²) in [5.41, 5.74) is 0.695. The summed E-state index contributed by atoms with van der Waals surface area (Å²) >= 11 is 0. The molecule has 0 aliphatic carbocycles. The fourth-order valence-corrected chi connectivity index (χ4v) is 3.25. The van der Waals surface area contributed by atoms with Crippen molar-refractivity contribution in [1.29, 1.82) is 0 Å². The summed E-state index contributed by atoms with van der Waals surface area (Å²) in [5.74, 6) is 1.82. The number of aromatic hydroxyl groups is 1. The number of rotatable bonds is 5. The molecular weight excluding hydrogens is 317 g/mol. The van der Waals surface area contributed by atoms with Gasteiger partial charge >= 0.3 is 0 Å². The number of methoxy groups -OCH3 is 1. The fraction of sp³-hybridized carbons (Fsp3) is 0.467. The van der Waals surface area contributed by atoms with E-state index < -0.39 is 9.03 Å². The molecule has 1 unspecified atom stereocenters. The van der Waals surface area contributed by atoms with Crippen molar-refractivity contribution in [2.45, 2.75) is 12.8 Å². The molecule has 0 bridgehead atoms. The van der Waals surface area contributed by atoms with Crippen molar-refractivity contribution < 1.29 is 19.3 Å². The Bertz CT molecular complexity index is 677. The largest absolute Gasteiger partial charge is 0.504 e. The second kappa shape index (κ2) is 7.25. The number of hydrogen-bond acceptors (Lipinski definition) is 7. The van der Waals surface area contributed by atoms with Crippen molar-refractivity contribution >= 4 is 25.8 Å². The van der Waals surface area contributed by atoms with Gasteiger partial charge in [0.2, 0.25) is 0 Å². The molecule has 0 amide bonds. The number of hydrogen-bond donors (Lipinski definition) is 2. The van der Waals surface area contributed by atoms with E-state index in [1.807, 2.05) is 0 Å². The number of anilines is 1. The molecule has 2 N–H and O–H groups in total. The first kappa shape index (κ1) is 16.2. The standard InChI is InChI=1S/C15H20N3O4P/c1-21-14-6-11-12(7-13(14)19)16-9-17-15(11)18-4-2-10(3-5-18)8-22-23-20/h6-7,9-10,19-20,23H,2-5,8H2,1H3. The fourth-order valence-electron chi connectivity index (χ4n) is 2.94. The quantitative estimate of drug-likeness (QED) is 0.808. The molecule has 0 spiro atoms. The van der Waals surface area contributed by atoms with Crippen LogP contribution in [0.2, 0.25) is 0 Å². The van der Waals surface area contributed by atoms with Gasteiger partial charge in [-0.15, -0.1) is 0 Å². The lowest BCUT2D eigenvalue weighted by Gasteiger charge is -2.33. The van der Waals surface area contributed by atoms with Crippen LogP contribution in [0.3, 0.4) is 0 Å². The predicted molar refractivity (Wildman–Crippen MR) is 89.2 cm³/mol. The molecule has 1 saturated heterocycles. The molecule has 1 aliphatic rings. The number of fused-ring (bicyclic) bond motifs is 1. The van der Waals surface area contributed by atoms with Crippen molar-refractivity contribution in [3.63, 3.8) is 0 Å². The first-order valence-corrected chi connectivity index (χ1v) is 8.36. The van der Waals surface area contributed by atoms with Gasteiger partial charge in [-0.2, -0.15) is 0 Å². The van der Waals surface area contributed by atoms with Gasteiger partial charge in [0.15, 0.2) is 20.5 Å². The summed E-state index contributed by atoms with van der Waals surface area (Å²) in [6, 6.07) is 3.38. The third kappa shape index (κ3) is 3.47. The second-order valence-corrected chi connectivity index (χ2v) is 6.04. The molecular formula is C15H20N3O4P. The molecule has 1 atom stereocenters. The molecule has 1 aliphatic heterocycles. The summed E-state index contributed by atoms with van der Waals surface area (Å²) in [5, 5.41) is 10.8. The Balaban J connectivity index is 1.83. The molecule has 3 rings (SSSR count). The first-order chi connectivity index (χ1) is 11.2. The number of nitrogens with zero attached hydrogens (tertiary/aromatic N) is 3. The minimum atomic E-state index is -0.439. The summed E-state index contributed by atoms with van der Waals surface area (Å²) in [6.45, 7) is 2.35. The molecule has 1 aromatic heterocycles. The molecule has 23 heavy (non-hydrogen) atoms. The van der Waals surface area contributed by atoms with Crippen molar-refractivity contribution in [1.82, 2.24) is 9.97 Å². The normalized spacial score (nSPS) is 16.5. The number of piperidine rings is 1. The van der Waals surface area contributed by atoms with Crippen LogP contribution in [0.1, 0.15) is 12.8 Å². The van der Waals surface area contributed by atoms with Gasteiger partial charge in [-0.05, 0) is 24.8 Å². The number of phenols is 1. The average molecular weight is 337 g/mol. The highest BCUT2D eigenvalue weighted by molar-refractivity contribution is 7.24. The minimum Gasteiger partial charge on any atom is -0.504 e. The summed E-state index contributed by atoms with van der Waals surface area (Å²) in [6.07, 6.45) is 3.50. The van der Waals surface area contributed by atoms with Crippen LogP contribution in [-0.2, 0) is 4.52 Å². The number of benzene rings is 1. The Morgan fingerprint density at radius 1 is 1.30 bits per heavy atom. The SMILES string of the molecule is COc1cc2c(N3CCC(COPO)CC3)ncnc2cc1O. The highest BCUT2D eigenvalue weighted by Gasteiger charge is 2.22. The number of phenolic OH excluding ortho intramolecular Hbond substituents is 1. The smallest absolute Gasteiger partial charge is 0.161 e. The van der Waals surface area contributed by atoms with Gasteiger partial charge in [0.25, 0.3) is 0 Å². The van der Waals surface area contributed by atoms with E-state index in [2.05, 4.69) is 14.9 Å². The van der Waals surface area contributed by atoms with Crippen LogP contribution >= 0.6 is 9.03 Å². The monoisotopic (exact) mass is 337 g/mol. The zero-order valence-electron chi connectivity index (χ0n) is 12.9. The average Bonchev–Trinajstić information content (AvgIpc) is 2.59. The van der Waals surface area contributed by atoms with Gasteiger partial charge in [-0.3, -0.25) is 0 Å². The summed E-state index contributed by atoms with van der Waals surface area (Å²) in [4.78, 5) is 19.6. The van der Waals surface area contributed by atoms with Crippen LogP contribution in [0, 0.1) is 5.92 Å². The zero-order chi connectivity index (χ0) is 16.2. The Hall–Kier alpha value is -1.69. The van der Waals surface area contributed by atoms with E-state index in [1.165, 1.54) is 13.4 Å². The van der Waals surface area contributed by atoms with Crippen molar-refractivity contribution in [2.75, 3.05) is 31.7 Å². The maximum Gasteiger partial charge on any atom is 0.161 e. The van der Waals surface area contributed by atoms with Crippen LogP contribution in [-0.4, -0.2) is 46.8 Å². The van der Waals surface area contributed by atoms with E-state index in [1.54, 1.807) is 12.1 Å². The van der Waals surface area contributed by atoms with Gasteiger partial charge in [-0.1, -0.05) is 0 Å². The predicted octanol–water partition coefficient (Wildman–Crippen LogP) is 2.08. The van der Waals surface area contributed by atoms with Gasteiger partial charge in [-0.25, -0.2) is 9.97 Å². The van der Waals surface area contributed by atoms with E-state index in [0.717, 1.165) is 37.1 Å². The van der Waals surface area contributed by atoms with E-state index in [9.17, 15) is 5.11 Å². The lowest BCUT2D eigenvalue weighted by atomic mass is 9.97. The van der Waals surface area contributed by atoms with Gasteiger partial charge in [0, 0.05) is 24.5 Å². The molecule has 2 aromatic rings. The molecule has 1 aromatic carbocycles. The minimum absolute atomic E-state index is 0.0744.